The molecule has 2 amide bonds. The van der Waals surface area contributed by atoms with Gasteiger partial charge in [0.1, 0.15) is 5.54 Å². The maximum absolute atomic E-state index is 12.2. The molecule has 0 aliphatic heterocycles. The molecule has 2 N–H and O–H groups in total. The summed E-state index contributed by atoms with van der Waals surface area (Å²) in [5, 5.41) is 22.3. The van der Waals surface area contributed by atoms with Crippen molar-refractivity contribution >= 4 is 23.4 Å². The average molecular weight is 295 g/mol. The van der Waals surface area contributed by atoms with Crippen molar-refractivity contribution in [3.05, 3.63) is 34.4 Å². The highest BCUT2D eigenvalue weighted by Gasteiger charge is 2.37. The molecular weight excluding hydrogens is 278 g/mol. The van der Waals surface area contributed by atoms with Gasteiger partial charge in [0.2, 0.25) is 0 Å². The van der Waals surface area contributed by atoms with Crippen LogP contribution in [-0.2, 0) is 4.79 Å². The van der Waals surface area contributed by atoms with Crippen LogP contribution in [0.4, 0.5) is 16.2 Å². The van der Waals surface area contributed by atoms with E-state index in [9.17, 15) is 19.7 Å². The summed E-state index contributed by atoms with van der Waals surface area (Å²) in [6.45, 7) is 4.65. The Morgan fingerprint density at radius 2 is 2.05 bits per heavy atom. The number of hydrogen-bond donors (Lipinski definition) is 2. The van der Waals surface area contributed by atoms with E-state index in [1.54, 1.807) is 6.92 Å². The molecule has 8 nitrogen and oxygen atoms in total. The number of likely N-dealkylation sites (N-methyl/N-ethyl adjacent to an activating group) is 1. The van der Waals surface area contributed by atoms with Gasteiger partial charge >= 0.3 is 12.0 Å². The minimum Gasteiger partial charge on any atom is -0.480 e. The Hall–Kier alpha value is -2.64. The Bertz CT molecular complexity index is 571. The molecule has 0 spiro atoms. The van der Waals surface area contributed by atoms with Crippen LogP contribution in [0.25, 0.3) is 0 Å². The smallest absolute Gasteiger partial charge is 0.329 e. The van der Waals surface area contributed by atoms with Gasteiger partial charge < -0.3 is 15.3 Å². The summed E-state index contributed by atoms with van der Waals surface area (Å²) in [6, 6.07) is 4.80. The molecule has 0 aliphatic rings. The van der Waals surface area contributed by atoms with Crippen molar-refractivity contribution < 1.29 is 19.6 Å². The van der Waals surface area contributed by atoms with E-state index in [1.165, 1.54) is 38.1 Å². The third-order valence-corrected chi connectivity index (χ3v) is 3.07. The van der Waals surface area contributed by atoms with Gasteiger partial charge in [-0.25, -0.2) is 9.59 Å². The van der Waals surface area contributed by atoms with Gasteiger partial charge in [0.15, 0.2) is 0 Å². The summed E-state index contributed by atoms with van der Waals surface area (Å²) in [5.41, 5.74) is -1.32. The van der Waals surface area contributed by atoms with Gasteiger partial charge in [-0.2, -0.15) is 0 Å². The second-order valence-corrected chi connectivity index (χ2v) is 4.85. The summed E-state index contributed by atoms with van der Waals surface area (Å²) in [5.74, 6) is -1.14. The molecule has 1 aromatic rings. The van der Waals surface area contributed by atoms with E-state index >= 15 is 0 Å². The molecule has 0 saturated carbocycles. The fourth-order valence-electron chi connectivity index (χ4n) is 1.80. The topological polar surface area (TPSA) is 113 Å². The largest absolute Gasteiger partial charge is 0.480 e. The van der Waals surface area contributed by atoms with Gasteiger partial charge in [0.25, 0.3) is 5.69 Å². The summed E-state index contributed by atoms with van der Waals surface area (Å²) in [6.07, 6.45) is 0. The summed E-state index contributed by atoms with van der Waals surface area (Å²) < 4.78 is 0. The molecule has 0 fully saturated rings. The van der Waals surface area contributed by atoms with Crippen molar-refractivity contribution in [2.24, 2.45) is 0 Å². The number of carbonyl (C=O) groups is 2. The number of nitro benzene ring substituents is 1. The molecule has 21 heavy (non-hydrogen) atoms. The molecule has 0 aliphatic carbocycles. The zero-order valence-electron chi connectivity index (χ0n) is 12.0. The number of amides is 2. The molecule has 0 aromatic heterocycles. The Kier molecular flexibility index (Phi) is 4.85. The lowest BCUT2D eigenvalue weighted by Crippen LogP contribution is -2.54. The number of urea groups is 1. The Labute approximate surface area is 121 Å². The number of carboxylic acids is 1. The van der Waals surface area contributed by atoms with Crippen molar-refractivity contribution in [1.29, 1.82) is 0 Å². The minimum absolute atomic E-state index is 0.159. The van der Waals surface area contributed by atoms with Gasteiger partial charge in [0, 0.05) is 24.4 Å². The zero-order chi connectivity index (χ0) is 16.2. The van der Waals surface area contributed by atoms with E-state index < -0.39 is 22.5 Å². The SMILES string of the molecule is CCN(C(=O)Nc1cccc([N+](=O)[O-])c1)C(C)(C)C(=O)O. The standard InChI is InChI=1S/C13H17N3O5/c1-4-15(13(2,3)11(17)18)12(19)14-9-6-5-7-10(8-9)16(20)21/h5-8H,4H2,1-3H3,(H,14,19)(H,17,18). The van der Waals surface area contributed by atoms with E-state index in [0.717, 1.165) is 4.90 Å². The van der Waals surface area contributed by atoms with E-state index in [-0.39, 0.29) is 17.9 Å². The first-order chi connectivity index (χ1) is 9.70. The molecule has 0 atom stereocenters. The molecule has 1 rings (SSSR count). The third-order valence-electron chi connectivity index (χ3n) is 3.07. The van der Waals surface area contributed by atoms with Gasteiger partial charge in [-0.15, -0.1) is 0 Å². The zero-order valence-corrected chi connectivity index (χ0v) is 12.0. The van der Waals surface area contributed by atoms with Crippen LogP contribution < -0.4 is 5.32 Å². The van der Waals surface area contributed by atoms with Crippen LogP contribution in [0.5, 0.6) is 0 Å². The second-order valence-electron chi connectivity index (χ2n) is 4.85. The summed E-state index contributed by atoms with van der Waals surface area (Å²) in [4.78, 5) is 34.6. The number of rotatable bonds is 5. The second kappa shape index (κ2) is 6.21. The number of hydrogen-bond acceptors (Lipinski definition) is 4. The number of nitrogens with zero attached hydrogens (tertiary/aromatic N) is 2. The van der Waals surface area contributed by atoms with E-state index in [2.05, 4.69) is 5.32 Å². The molecular formula is C13H17N3O5. The fourth-order valence-corrected chi connectivity index (χ4v) is 1.80. The first kappa shape index (κ1) is 16.4. The summed E-state index contributed by atoms with van der Waals surface area (Å²) >= 11 is 0. The Balaban J connectivity index is 2.96. The number of nitrogens with one attached hydrogen (secondary N) is 1. The quantitative estimate of drug-likeness (QED) is 0.639. The number of benzene rings is 1. The molecule has 0 saturated heterocycles. The number of anilines is 1. The van der Waals surface area contributed by atoms with Gasteiger partial charge in [0.05, 0.1) is 4.92 Å². The number of carbonyl (C=O) groups excluding carboxylic acids is 1. The number of aliphatic carboxylic acids is 1. The van der Waals surface area contributed by atoms with E-state index in [4.69, 9.17) is 5.11 Å². The first-order valence-corrected chi connectivity index (χ1v) is 6.26. The third kappa shape index (κ3) is 3.68. The number of non-ortho nitro benzene ring substituents is 1. The molecule has 0 heterocycles. The lowest BCUT2D eigenvalue weighted by Gasteiger charge is -2.34. The lowest BCUT2D eigenvalue weighted by molar-refractivity contribution is -0.384. The molecule has 0 radical (unpaired) electrons. The molecule has 8 heteroatoms. The normalized spacial score (nSPS) is 10.8. The van der Waals surface area contributed by atoms with Gasteiger partial charge in [-0.1, -0.05) is 6.07 Å². The maximum atomic E-state index is 12.2. The van der Waals surface area contributed by atoms with Crippen LogP contribution in [0.2, 0.25) is 0 Å². The van der Waals surface area contributed by atoms with Crippen LogP contribution in [0.15, 0.2) is 24.3 Å². The maximum Gasteiger partial charge on any atom is 0.329 e. The first-order valence-electron chi connectivity index (χ1n) is 6.26. The highest BCUT2D eigenvalue weighted by molar-refractivity contribution is 5.93. The van der Waals surface area contributed by atoms with Crippen molar-refractivity contribution in [2.75, 3.05) is 11.9 Å². The van der Waals surface area contributed by atoms with Crippen LogP contribution >= 0.6 is 0 Å². The van der Waals surface area contributed by atoms with Crippen LogP contribution in [0, 0.1) is 10.1 Å². The fraction of sp³-hybridized carbons (Fsp3) is 0.385. The average Bonchev–Trinajstić information content (AvgIpc) is 2.39. The highest BCUT2D eigenvalue weighted by Crippen LogP contribution is 2.20. The predicted molar refractivity (Wildman–Crippen MR) is 76.2 cm³/mol. The molecule has 1 aromatic carbocycles. The number of nitro groups is 1. The highest BCUT2D eigenvalue weighted by atomic mass is 16.6. The van der Waals surface area contributed by atoms with E-state index in [0.29, 0.717) is 0 Å². The van der Waals surface area contributed by atoms with Crippen LogP contribution in [0.3, 0.4) is 0 Å². The Morgan fingerprint density at radius 1 is 1.43 bits per heavy atom. The predicted octanol–water partition coefficient (Wildman–Crippen LogP) is 2.31. The van der Waals surface area contributed by atoms with Crippen molar-refractivity contribution in [3.63, 3.8) is 0 Å². The van der Waals surface area contributed by atoms with Crippen molar-refractivity contribution in [3.8, 4) is 0 Å². The van der Waals surface area contributed by atoms with Gasteiger partial charge in [-0.3, -0.25) is 10.1 Å². The van der Waals surface area contributed by atoms with Crippen LogP contribution in [-0.4, -0.2) is 39.0 Å². The lowest BCUT2D eigenvalue weighted by atomic mass is 10.0. The van der Waals surface area contributed by atoms with Gasteiger partial charge in [-0.05, 0) is 26.8 Å². The van der Waals surface area contributed by atoms with Crippen molar-refractivity contribution in [1.82, 2.24) is 4.90 Å². The monoisotopic (exact) mass is 295 g/mol. The van der Waals surface area contributed by atoms with Crippen molar-refractivity contribution in [2.45, 2.75) is 26.3 Å². The minimum atomic E-state index is -1.39. The Morgan fingerprint density at radius 3 is 2.52 bits per heavy atom. The molecule has 0 unspecified atom stereocenters. The van der Waals surface area contributed by atoms with Crippen LogP contribution in [0.1, 0.15) is 20.8 Å². The molecule has 0 bridgehead atoms. The van der Waals surface area contributed by atoms with E-state index in [1.807, 2.05) is 0 Å². The summed E-state index contributed by atoms with van der Waals surface area (Å²) in [7, 11) is 0. The number of carboxylic acid groups (broad SMARTS) is 1. The molecule has 114 valence electrons.